The minimum atomic E-state index is -3.65. The van der Waals surface area contributed by atoms with Crippen molar-refractivity contribution in [1.29, 1.82) is 0 Å². The Hall–Kier alpha value is -2.23. The average Bonchev–Trinajstić information content (AvgIpc) is 2.80. The van der Waals surface area contributed by atoms with Crippen molar-refractivity contribution in [3.63, 3.8) is 0 Å². The summed E-state index contributed by atoms with van der Waals surface area (Å²) in [5, 5.41) is 3.36. The van der Waals surface area contributed by atoms with E-state index in [0.29, 0.717) is 42.4 Å². The number of H-pyrrole nitrogens is 1. The van der Waals surface area contributed by atoms with Gasteiger partial charge in [0, 0.05) is 49.7 Å². The van der Waals surface area contributed by atoms with Crippen LogP contribution in [0.15, 0.2) is 34.0 Å². The summed E-state index contributed by atoms with van der Waals surface area (Å²) in [6.45, 7) is 13.2. The fourth-order valence-electron chi connectivity index (χ4n) is 4.73. The summed E-state index contributed by atoms with van der Waals surface area (Å²) in [4.78, 5) is 30.5. The van der Waals surface area contributed by atoms with Crippen LogP contribution < -0.4 is 10.9 Å². The van der Waals surface area contributed by atoms with Crippen LogP contribution in [0, 0.1) is 11.8 Å². The zero-order valence-electron chi connectivity index (χ0n) is 21.5. The number of aromatic nitrogens is 1. The highest BCUT2D eigenvalue weighted by atomic mass is 32.2. The third-order valence-electron chi connectivity index (χ3n) is 6.20. The number of hydrogen-bond donors (Lipinski definition) is 2. The summed E-state index contributed by atoms with van der Waals surface area (Å²) in [7, 11) is -3.65. The number of amides is 1. The first-order valence-electron chi connectivity index (χ1n) is 12.8. The molecule has 1 aromatic carbocycles. The molecule has 0 spiro atoms. The molecule has 8 nitrogen and oxygen atoms in total. The first-order chi connectivity index (χ1) is 16.6. The van der Waals surface area contributed by atoms with Crippen LogP contribution in [0.5, 0.6) is 0 Å². The third-order valence-corrected chi connectivity index (χ3v) is 8.09. The summed E-state index contributed by atoms with van der Waals surface area (Å²) >= 11 is 0. The van der Waals surface area contributed by atoms with Gasteiger partial charge in [-0.2, -0.15) is 4.31 Å². The average molecular weight is 505 g/mol. The van der Waals surface area contributed by atoms with Gasteiger partial charge in [-0.15, -0.1) is 0 Å². The van der Waals surface area contributed by atoms with Gasteiger partial charge in [-0.05, 0) is 55.8 Å². The fraction of sp³-hybridized carbons (Fsp3) is 0.615. The van der Waals surface area contributed by atoms with Crippen molar-refractivity contribution in [2.24, 2.45) is 11.8 Å². The summed E-state index contributed by atoms with van der Waals surface area (Å²) in [6, 6.07) is 5.83. The molecular formula is C26H40N4O4S. The number of fused-ring (bicyclic) bond motifs is 1. The molecule has 0 unspecified atom stereocenters. The summed E-state index contributed by atoms with van der Waals surface area (Å²) in [5.41, 5.74) is 0.246. The first-order valence-corrected chi connectivity index (χ1v) is 14.2. The van der Waals surface area contributed by atoms with Crippen LogP contribution in [-0.2, 0) is 10.0 Å². The lowest BCUT2D eigenvalue weighted by molar-refractivity contribution is 0.0952. The smallest absolute Gasteiger partial charge is 0.252 e. The zero-order chi connectivity index (χ0) is 25.6. The molecule has 0 aliphatic carbocycles. The van der Waals surface area contributed by atoms with Crippen LogP contribution in [0.25, 0.3) is 10.9 Å². The van der Waals surface area contributed by atoms with Gasteiger partial charge in [0.1, 0.15) is 0 Å². The lowest BCUT2D eigenvalue weighted by Crippen LogP contribution is -2.35. The lowest BCUT2D eigenvalue weighted by atomic mass is 10.1. The molecule has 1 amide bonds. The maximum absolute atomic E-state index is 13.2. The van der Waals surface area contributed by atoms with Gasteiger partial charge in [0.2, 0.25) is 15.6 Å². The molecule has 0 bridgehead atoms. The maximum atomic E-state index is 13.2. The summed E-state index contributed by atoms with van der Waals surface area (Å²) < 4.78 is 27.8. The van der Waals surface area contributed by atoms with E-state index in [1.54, 1.807) is 6.07 Å². The highest BCUT2D eigenvalue weighted by molar-refractivity contribution is 7.89. The van der Waals surface area contributed by atoms with Gasteiger partial charge in [0.05, 0.1) is 10.5 Å². The Morgan fingerprint density at radius 1 is 1.06 bits per heavy atom. The Labute approximate surface area is 209 Å². The standard InChI is InChI=1S/C26H40N4O4S/c1-19(2)17-29(18-20(3)4)12-8-11-27-26(32)23-16-25(31)28-24-10-9-21(15-22(23)24)35(33,34)30-13-6-5-7-14-30/h9-10,15-16,19-20H,5-8,11-14,17-18H2,1-4H3,(H,27,32)(H,28,31). The van der Waals surface area contributed by atoms with Crippen LogP contribution in [0.3, 0.4) is 0 Å². The minimum absolute atomic E-state index is 0.144. The molecular weight excluding hydrogens is 464 g/mol. The molecule has 0 saturated carbocycles. The van der Waals surface area contributed by atoms with Crippen molar-refractivity contribution >= 4 is 26.8 Å². The monoisotopic (exact) mass is 504 g/mol. The zero-order valence-corrected chi connectivity index (χ0v) is 22.3. The number of benzene rings is 1. The molecule has 1 aromatic heterocycles. The van der Waals surface area contributed by atoms with Crippen LogP contribution in [-0.4, -0.2) is 67.8 Å². The fourth-order valence-corrected chi connectivity index (χ4v) is 6.27. The van der Waals surface area contributed by atoms with Gasteiger partial charge in [0.25, 0.3) is 5.91 Å². The van der Waals surface area contributed by atoms with E-state index >= 15 is 0 Å². The number of piperidine rings is 1. The number of hydrogen-bond acceptors (Lipinski definition) is 5. The van der Waals surface area contributed by atoms with Crippen molar-refractivity contribution in [2.45, 2.75) is 58.3 Å². The van der Waals surface area contributed by atoms with E-state index in [4.69, 9.17) is 0 Å². The second-order valence-corrected chi connectivity index (χ2v) is 12.3. The lowest BCUT2D eigenvalue weighted by Gasteiger charge is -2.26. The first kappa shape index (κ1) is 27.4. The largest absolute Gasteiger partial charge is 0.352 e. The molecule has 0 atom stereocenters. The number of nitrogens with one attached hydrogen (secondary N) is 2. The summed E-state index contributed by atoms with van der Waals surface area (Å²) in [5.74, 6) is 0.773. The van der Waals surface area contributed by atoms with Crippen molar-refractivity contribution in [3.8, 4) is 0 Å². The number of sulfonamides is 1. The van der Waals surface area contributed by atoms with Crippen LogP contribution in [0.2, 0.25) is 0 Å². The molecule has 9 heteroatoms. The van der Waals surface area contributed by atoms with Gasteiger partial charge in [0.15, 0.2) is 0 Å². The van der Waals surface area contributed by atoms with Crippen LogP contribution in [0.4, 0.5) is 0 Å². The Bertz CT molecular complexity index is 1160. The van der Waals surface area contributed by atoms with Crippen molar-refractivity contribution in [2.75, 3.05) is 39.3 Å². The normalized spacial score (nSPS) is 15.4. The van der Waals surface area contributed by atoms with E-state index in [9.17, 15) is 18.0 Å². The molecule has 2 aromatic rings. The summed E-state index contributed by atoms with van der Waals surface area (Å²) in [6.07, 6.45) is 3.52. The number of rotatable bonds is 11. The number of carbonyl (C=O) groups excluding carboxylic acids is 1. The van der Waals surface area contributed by atoms with Crippen LogP contribution in [0.1, 0.15) is 63.7 Å². The highest BCUT2D eigenvalue weighted by Crippen LogP contribution is 2.25. The Kier molecular flexibility index (Phi) is 9.49. The molecule has 194 valence electrons. The van der Waals surface area contributed by atoms with Crippen molar-refractivity contribution in [1.82, 2.24) is 19.5 Å². The van der Waals surface area contributed by atoms with Gasteiger partial charge >= 0.3 is 0 Å². The molecule has 1 aliphatic rings. The Morgan fingerprint density at radius 2 is 1.71 bits per heavy atom. The number of aromatic amines is 1. The van der Waals surface area contributed by atoms with Gasteiger partial charge < -0.3 is 15.2 Å². The van der Waals surface area contributed by atoms with Gasteiger partial charge in [-0.1, -0.05) is 34.1 Å². The van der Waals surface area contributed by atoms with Gasteiger partial charge in [-0.25, -0.2) is 8.42 Å². The molecule has 2 N–H and O–H groups in total. The minimum Gasteiger partial charge on any atom is -0.352 e. The van der Waals surface area contributed by atoms with Crippen molar-refractivity contribution < 1.29 is 13.2 Å². The van der Waals surface area contributed by atoms with E-state index in [1.165, 1.54) is 22.5 Å². The molecule has 3 rings (SSSR count). The Balaban J connectivity index is 1.75. The van der Waals surface area contributed by atoms with E-state index in [2.05, 4.69) is 42.9 Å². The molecule has 0 radical (unpaired) electrons. The maximum Gasteiger partial charge on any atom is 0.252 e. The van der Waals surface area contributed by atoms with E-state index in [1.807, 2.05) is 0 Å². The molecule has 1 saturated heterocycles. The van der Waals surface area contributed by atoms with E-state index in [0.717, 1.165) is 45.3 Å². The topological polar surface area (TPSA) is 103 Å². The Morgan fingerprint density at radius 3 is 2.34 bits per heavy atom. The van der Waals surface area contributed by atoms with E-state index in [-0.39, 0.29) is 16.4 Å². The van der Waals surface area contributed by atoms with Crippen molar-refractivity contribution in [3.05, 3.63) is 40.2 Å². The molecule has 1 fully saturated rings. The predicted molar refractivity (Wildman–Crippen MR) is 140 cm³/mol. The number of pyridine rings is 1. The predicted octanol–water partition coefficient (Wildman–Crippen LogP) is 3.44. The quantitative estimate of drug-likeness (QED) is 0.457. The van der Waals surface area contributed by atoms with Crippen LogP contribution >= 0.6 is 0 Å². The SMILES string of the molecule is CC(C)CN(CCCNC(=O)c1cc(=O)[nH]c2ccc(S(=O)(=O)N3CCCCC3)cc12)CC(C)C. The number of nitrogens with zero attached hydrogens (tertiary/aromatic N) is 2. The second kappa shape index (κ2) is 12.1. The number of carbonyl (C=O) groups is 1. The molecule has 2 heterocycles. The van der Waals surface area contributed by atoms with E-state index < -0.39 is 15.6 Å². The second-order valence-electron chi connectivity index (χ2n) is 10.4. The molecule has 1 aliphatic heterocycles. The highest BCUT2D eigenvalue weighted by Gasteiger charge is 2.26. The van der Waals surface area contributed by atoms with Gasteiger partial charge in [-0.3, -0.25) is 9.59 Å². The third kappa shape index (κ3) is 7.38. The molecule has 35 heavy (non-hydrogen) atoms.